The van der Waals surface area contributed by atoms with Gasteiger partial charge in [0.25, 0.3) is 0 Å². The van der Waals surface area contributed by atoms with Gasteiger partial charge < -0.3 is 14.8 Å². The number of halogens is 6. The Morgan fingerprint density at radius 2 is 1.75 bits per heavy atom. The van der Waals surface area contributed by atoms with Gasteiger partial charge in [0.05, 0.1) is 30.3 Å². The van der Waals surface area contributed by atoms with E-state index in [1.807, 2.05) is 0 Å². The molecule has 1 fully saturated rings. The molecule has 194 valence electrons. The lowest BCUT2D eigenvalue weighted by Gasteiger charge is -2.21. The van der Waals surface area contributed by atoms with Gasteiger partial charge in [-0.15, -0.1) is 0 Å². The van der Waals surface area contributed by atoms with E-state index in [4.69, 9.17) is 9.47 Å². The number of fused-ring (bicyclic) bond motifs is 1. The summed E-state index contributed by atoms with van der Waals surface area (Å²) >= 11 is 0. The van der Waals surface area contributed by atoms with Gasteiger partial charge in [0.15, 0.2) is 0 Å². The number of rotatable bonds is 8. The predicted molar refractivity (Wildman–Crippen MR) is 120 cm³/mol. The zero-order chi connectivity index (χ0) is 26.3. The Morgan fingerprint density at radius 3 is 2.36 bits per heavy atom. The minimum absolute atomic E-state index is 0.0283. The molecule has 0 spiro atoms. The third-order valence-electron chi connectivity index (χ3n) is 6.08. The van der Waals surface area contributed by atoms with E-state index in [-0.39, 0.29) is 45.9 Å². The largest absolute Gasteiger partial charge is 0.492 e. The second-order valence-corrected chi connectivity index (χ2v) is 9.04. The molecule has 2 heterocycles. The van der Waals surface area contributed by atoms with Crippen molar-refractivity contribution in [1.82, 2.24) is 15.0 Å². The lowest BCUT2D eigenvalue weighted by atomic mass is 10.1. The molecule has 36 heavy (non-hydrogen) atoms. The fraction of sp³-hybridized carbons (Fsp3) is 0.458. The number of nitrogens with zero attached hydrogens (tertiary/aromatic N) is 3. The van der Waals surface area contributed by atoms with Gasteiger partial charge in [-0.3, -0.25) is 4.98 Å². The molecule has 0 saturated heterocycles. The van der Waals surface area contributed by atoms with E-state index < -0.39 is 29.7 Å². The van der Waals surface area contributed by atoms with Crippen LogP contribution in [0.15, 0.2) is 30.5 Å². The summed E-state index contributed by atoms with van der Waals surface area (Å²) in [6, 6.07) is 3.79. The lowest BCUT2D eigenvalue weighted by Crippen LogP contribution is -2.20. The van der Waals surface area contributed by atoms with Gasteiger partial charge in [0.2, 0.25) is 0 Å². The van der Waals surface area contributed by atoms with Gasteiger partial charge in [0.1, 0.15) is 23.1 Å². The number of ether oxygens (including phenoxy) is 2. The molecule has 1 saturated carbocycles. The summed E-state index contributed by atoms with van der Waals surface area (Å²) in [7, 11) is 1.52. The molecule has 1 atom stereocenters. The Morgan fingerprint density at radius 1 is 1.03 bits per heavy atom. The molecular formula is C24H24F6N4O2. The van der Waals surface area contributed by atoms with E-state index in [1.54, 1.807) is 6.92 Å². The molecule has 4 rings (SSSR count). The molecule has 2 aromatic heterocycles. The van der Waals surface area contributed by atoms with E-state index in [9.17, 15) is 26.3 Å². The highest BCUT2D eigenvalue weighted by Gasteiger charge is 2.44. The first-order valence-corrected chi connectivity index (χ1v) is 11.1. The van der Waals surface area contributed by atoms with Gasteiger partial charge in [0, 0.05) is 24.1 Å². The summed E-state index contributed by atoms with van der Waals surface area (Å²) < 4.78 is 91.7. The summed E-state index contributed by atoms with van der Waals surface area (Å²) in [6.07, 6.45) is -6.68. The minimum Gasteiger partial charge on any atom is -0.492 e. The van der Waals surface area contributed by atoms with Gasteiger partial charge in [-0.1, -0.05) is 0 Å². The van der Waals surface area contributed by atoms with Crippen molar-refractivity contribution in [3.63, 3.8) is 0 Å². The molecule has 1 N–H and O–H groups in total. The summed E-state index contributed by atoms with van der Waals surface area (Å²) in [5.41, 5.74) is -2.03. The molecule has 0 amide bonds. The average Bonchev–Trinajstić information content (AvgIpc) is 3.56. The van der Waals surface area contributed by atoms with Gasteiger partial charge in [-0.2, -0.15) is 26.3 Å². The van der Waals surface area contributed by atoms with Crippen LogP contribution in [0.2, 0.25) is 0 Å². The molecule has 1 aliphatic carbocycles. The molecule has 12 heteroatoms. The van der Waals surface area contributed by atoms with Crippen LogP contribution in [0.25, 0.3) is 10.9 Å². The van der Waals surface area contributed by atoms with Gasteiger partial charge in [-0.25, -0.2) is 9.97 Å². The monoisotopic (exact) mass is 514 g/mol. The topological polar surface area (TPSA) is 69.2 Å². The first-order valence-electron chi connectivity index (χ1n) is 11.1. The maximum absolute atomic E-state index is 13.9. The van der Waals surface area contributed by atoms with E-state index in [0.717, 1.165) is 31.2 Å². The van der Waals surface area contributed by atoms with Crippen LogP contribution >= 0.6 is 0 Å². The van der Waals surface area contributed by atoms with Crippen molar-refractivity contribution < 1.29 is 35.8 Å². The summed E-state index contributed by atoms with van der Waals surface area (Å²) in [5, 5.41) is 3.26. The fourth-order valence-corrected chi connectivity index (χ4v) is 3.93. The molecule has 0 bridgehead atoms. The standard InChI is InChI=1S/C24H24F6N4O2/c1-13(15-4-7-31-20(8-15)24(28,29)30)32-21-16-9-19(36-12-22(5-6-22)11-35-3)17(23(25,26)27)10-18(16)33-14(2)34-21/h4,7-10,13H,5-6,11-12H2,1-3H3,(H,32,33,34)/t13-/m1/s1. The van der Waals surface area contributed by atoms with Crippen LogP contribution in [0.1, 0.15) is 48.5 Å². The van der Waals surface area contributed by atoms with Crippen LogP contribution in [0, 0.1) is 12.3 Å². The molecule has 3 aromatic rings. The van der Waals surface area contributed by atoms with Gasteiger partial charge in [-0.05, 0) is 56.5 Å². The minimum atomic E-state index is -4.69. The molecule has 1 aromatic carbocycles. The van der Waals surface area contributed by atoms with Crippen molar-refractivity contribution in [1.29, 1.82) is 0 Å². The predicted octanol–water partition coefficient (Wildman–Crippen LogP) is 6.35. The van der Waals surface area contributed by atoms with Crippen molar-refractivity contribution in [2.24, 2.45) is 5.41 Å². The van der Waals surface area contributed by atoms with Crippen LogP contribution in [0.4, 0.5) is 32.2 Å². The zero-order valence-corrected chi connectivity index (χ0v) is 19.7. The fourth-order valence-electron chi connectivity index (χ4n) is 3.93. The van der Waals surface area contributed by atoms with E-state index >= 15 is 0 Å². The highest BCUT2D eigenvalue weighted by atomic mass is 19.4. The third kappa shape index (κ3) is 5.63. The second-order valence-electron chi connectivity index (χ2n) is 9.04. The maximum Gasteiger partial charge on any atom is 0.433 e. The number of methoxy groups -OCH3 is 1. The van der Waals surface area contributed by atoms with Crippen molar-refractivity contribution in [3.05, 3.63) is 53.1 Å². The van der Waals surface area contributed by atoms with E-state index in [1.165, 1.54) is 26.2 Å². The highest BCUT2D eigenvalue weighted by Crippen LogP contribution is 2.47. The van der Waals surface area contributed by atoms with Crippen LogP contribution in [-0.4, -0.2) is 35.3 Å². The molecule has 0 unspecified atom stereocenters. The normalized spacial score (nSPS) is 16.1. The number of hydrogen-bond acceptors (Lipinski definition) is 6. The van der Waals surface area contributed by atoms with E-state index in [2.05, 4.69) is 20.3 Å². The quantitative estimate of drug-likeness (QED) is 0.354. The molecule has 6 nitrogen and oxygen atoms in total. The number of alkyl halides is 6. The van der Waals surface area contributed by atoms with Crippen molar-refractivity contribution in [2.75, 3.05) is 25.6 Å². The average molecular weight is 514 g/mol. The molecule has 1 aliphatic rings. The Labute approximate surface area is 203 Å². The Bertz CT molecular complexity index is 1260. The van der Waals surface area contributed by atoms with Crippen molar-refractivity contribution >= 4 is 16.7 Å². The Hall–Kier alpha value is -3.15. The van der Waals surface area contributed by atoms with Crippen molar-refractivity contribution in [2.45, 2.75) is 45.1 Å². The van der Waals surface area contributed by atoms with E-state index in [0.29, 0.717) is 6.61 Å². The summed E-state index contributed by atoms with van der Waals surface area (Å²) in [6.45, 7) is 3.56. The zero-order valence-electron chi connectivity index (χ0n) is 19.7. The number of pyridine rings is 1. The molecule has 0 aliphatic heterocycles. The Balaban J connectivity index is 1.71. The maximum atomic E-state index is 13.9. The van der Waals surface area contributed by atoms with Crippen LogP contribution in [-0.2, 0) is 17.1 Å². The first kappa shape index (κ1) is 25.9. The van der Waals surface area contributed by atoms with Crippen LogP contribution in [0.5, 0.6) is 5.75 Å². The highest BCUT2D eigenvalue weighted by molar-refractivity contribution is 5.91. The summed E-state index contributed by atoms with van der Waals surface area (Å²) in [4.78, 5) is 11.8. The van der Waals surface area contributed by atoms with Crippen LogP contribution in [0.3, 0.4) is 0 Å². The Kier molecular flexibility index (Phi) is 6.76. The second kappa shape index (κ2) is 9.38. The molecule has 0 radical (unpaired) electrons. The third-order valence-corrected chi connectivity index (χ3v) is 6.08. The molecular weight excluding hydrogens is 490 g/mol. The van der Waals surface area contributed by atoms with Crippen LogP contribution < -0.4 is 10.1 Å². The van der Waals surface area contributed by atoms with Gasteiger partial charge >= 0.3 is 12.4 Å². The smallest absolute Gasteiger partial charge is 0.433 e. The number of nitrogens with one attached hydrogen (secondary N) is 1. The number of anilines is 1. The number of aromatic nitrogens is 3. The van der Waals surface area contributed by atoms with Crippen molar-refractivity contribution in [3.8, 4) is 5.75 Å². The SMILES string of the molecule is COCC1(COc2cc3c(N[C@H](C)c4ccnc(C(F)(F)F)c4)nc(C)nc3cc2C(F)(F)F)CC1. The first-order chi connectivity index (χ1) is 16.8. The lowest BCUT2D eigenvalue weighted by molar-refractivity contribution is -0.141. The number of benzene rings is 1. The number of aryl methyl sites for hydroxylation is 1. The number of hydrogen-bond donors (Lipinski definition) is 1. The summed E-state index contributed by atoms with van der Waals surface area (Å²) in [5.74, 6) is -0.00231.